The highest BCUT2D eigenvalue weighted by Crippen LogP contribution is 2.29. The maximum absolute atomic E-state index is 12.0. The molecule has 1 aliphatic rings. The van der Waals surface area contributed by atoms with Crippen LogP contribution in [0.4, 0.5) is 0 Å². The van der Waals surface area contributed by atoms with Crippen LogP contribution in [0.5, 0.6) is 0 Å². The molecule has 3 aromatic rings. The summed E-state index contributed by atoms with van der Waals surface area (Å²) in [5.41, 5.74) is 4.36. The molecule has 6 nitrogen and oxygen atoms in total. The van der Waals surface area contributed by atoms with E-state index < -0.39 is 0 Å². The quantitative estimate of drug-likeness (QED) is 0.721. The first-order valence-electron chi connectivity index (χ1n) is 9.33. The molecule has 1 aliphatic heterocycles. The summed E-state index contributed by atoms with van der Waals surface area (Å²) in [7, 11) is 1.88. The lowest BCUT2D eigenvalue weighted by Crippen LogP contribution is -2.37. The third-order valence-electron chi connectivity index (χ3n) is 5.14. The van der Waals surface area contributed by atoms with E-state index in [-0.39, 0.29) is 11.9 Å². The van der Waals surface area contributed by atoms with Gasteiger partial charge in [-0.05, 0) is 42.6 Å². The van der Waals surface area contributed by atoms with E-state index in [1.54, 1.807) is 11.6 Å². The van der Waals surface area contributed by atoms with Gasteiger partial charge in [0.2, 0.25) is 0 Å². The Labute approximate surface area is 158 Å². The lowest BCUT2D eigenvalue weighted by atomic mass is 10.00. The number of β-amino-alcohol motifs (C(OH)–C–C–N with tert-alkyl or cyclic N) is 1. The summed E-state index contributed by atoms with van der Waals surface area (Å²) in [5.74, 6) is -0.0494. The third kappa shape index (κ3) is 3.77. The number of ketones is 1. The Morgan fingerprint density at radius 1 is 1.33 bits per heavy atom. The highest BCUT2D eigenvalue weighted by atomic mass is 16.3. The third-order valence-corrected chi connectivity index (χ3v) is 5.14. The van der Waals surface area contributed by atoms with Crippen LogP contribution in [0.3, 0.4) is 0 Å². The van der Waals surface area contributed by atoms with Crippen molar-refractivity contribution in [3.8, 4) is 11.1 Å². The summed E-state index contributed by atoms with van der Waals surface area (Å²) in [5, 5.41) is 15.2. The second kappa shape index (κ2) is 7.21. The number of carbonyl (C=O) groups excluding carboxylic acids is 1. The van der Waals surface area contributed by atoms with Gasteiger partial charge in [-0.1, -0.05) is 12.1 Å². The van der Waals surface area contributed by atoms with Crippen molar-refractivity contribution < 1.29 is 9.90 Å². The van der Waals surface area contributed by atoms with E-state index in [9.17, 15) is 9.90 Å². The molecule has 1 saturated heterocycles. The summed E-state index contributed by atoms with van der Waals surface area (Å²) < 4.78 is 1.76. The fourth-order valence-corrected chi connectivity index (χ4v) is 3.78. The van der Waals surface area contributed by atoms with Crippen LogP contribution in [0.15, 0.2) is 36.7 Å². The molecule has 1 aromatic carbocycles. The lowest BCUT2D eigenvalue weighted by Gasteiger charge is -2.30. The van der Waals surface area contributed by atoms with Crippen molar-refractivity contribution in [2.75, 3.05) is 13.1 Å². The smallest absolute Gasteiger partial charge is 0.178 e. The molecule has 140 valence electrons. The van der Waals surface area contributed by atoms with Gasteiger partial charge in [-0.15, -0.1) is 0 Å². The average molecular weight is 364 g/mol. The Kier molecular flexibility index (Phi) is 4.76. The number of hydrogen-bond donors (Lipinski definition) is 1. The van der Waals surface area contributed by atoms with Gasteiger partial charge in [-0.25, -0.2) is 4.98 Å². The van der Waals surface area contributed by atoms with Crippen LogP contribution in [0.2, 0.25) is 0 Å². The van der Waals surface area contributed by atoms with Gasteiger partial charge in [0.15, 0.2) is 5.78 Å². The van der Waals surface area contributed by atoms with Crippen molar-refractivity contribution in [2.45, 2.75) is 32.4 Å². The maximum Gasteiger partial charge on any atom is 0.178 e. The van der Waals surface area contributed by atoms with E-state index in [0.29, 0.717) is 12.2 Å². The molecule has 0 radical (unpaired) electrons. The molecule has 27 heavy (non-hydrogen) atoms. The summed E-state index contributed by atoms with van der Waals surface area (Å²) in [6, 6.07) is 8.09. The predicted octanol–water partition coefficient (Wildman–Crippen LogP) is 2.79. The zero-order chi connectivity index (χ0) is 19.0. The number of pyridine rings is 1. The highest BCUT2D eigenvalue weighted by molar-refractivity contribution is 6.01. The monoisotopic (exact) mass is 364 g/mol. The first kappa shape index (κ1) is 17.8. The van der Waals surface area contributed by atoms with Gasteiger partial charge in [-0.2, -0.15) is 5.10 Å². The fraction of sp³-hybridized carbons (Fsp3) is 0.381. The number of hydrogen-bond acceptors (Lipinski definition) is 5. The predicted molar refractivity (Wildman–Crippen MR) is 104 cm³/mol. The SMILES string of the molecule is CC(=O)c1cc(-c2cnn(C)c2)c2ccc(CN3CCC[C@@H](O)C3)cc2n1. The molecule has 0 aliphatic carbocycles. The zero-order valence-electron chi connectivity index (χ0n) is 15.7. The molecule has 4 rings (SSSR count). The number of aliphatic hydroxyl groups is 1. The molecule has 0 spiro atoms. The van der Waals surface area contributed by atoms with Gasteiger partial charge in [0, 0.05) is 44.2 Å². The van der Waals surface area contributed by atoms with E-state index in [0.717, 1.165) is 53.5 Å². The van der Waals surface area contributed by atoms with Gasteiger partial charge >= 0.3 is 0 Å². The number of aliphatic hydroxyl groups excluding tert-OH is 1. The molecule has 1 N–H and O–H groups in total. The van der Waals surface area contributed by atoms with Crippen molar-refractivity contribution in [2.24, 2.45) is 7.05 Å². The van der Waals surface area contributed by atoms with Gasteiger partial charge in [0.1, 0.15) is 5.69 Å². The minimum Gasteiger partial charge on any atom is -0.392 e. The van der Waals surface area contributed by atoms with Gasteiger partial charge in [0.25, 0.3) is 0 Å². The van der Waals surface area contributed by atoms with E-state index >= 15 is 0 Å². The summed E-state index contributed by atoms with van der Waals surface area (Å²) in [6.45, 7) is 4.03. The molecule has 0 bridgehead atoms. The minimum absolute atomic E-state index is 0.0494. The topological polar surface area (TPSA) is 71.2 Å². The number of benzene rings is 1. The zero-order valence-corrected chi connectivity index (χ0v) is 15.7. The van der Waals surface area contributed by atoms with Gasteiger partial charge < -0.3 is 5.11 Å². The molecular formula is C21H24N4O2. The van der Waals surface area contributed by atoms with E-state index in [4.69, 9.17) is 0 Å². The number of piperidine rings is 1. The van der Waals surface area contributed by atoms with Gasteiger partial charge in [-0.3, -0.25) is 14.4 Å². The maximum atomic E-state index is 12.0. The van der Waals surface area contributed by atoms with Crippen molar-refractivity contribution in [3.05, 3.63) is 47.9 Å². The first-order chi connectivity index (χ1) is 13.0. The average Bonchev–Trinajstić information content (AvgIpc) is 3.06. The summed E-state index contributed by atoms with van der Waals surface area (Å²) >= 11 is 0. The second-order valence-corrected chi connectivity index (χ2v) is 7.40. The van der Waals surface area contributed by atoms with Crippen LogP contribution < -0.4 is 0 Å². The van der Waals surface area contributed by atoms with E-state index in [1.165, 1.54) is 0 Å². The Balaban J connectivity index is 1.75. The van der Waals surface area contributed by atoms with E-state index in [1.807, 2.05) is 25.5 Å². The van der Waals surface area contributed by atoms with Crippen LogP contribution in [0.1, 0.15) is 35.8 Å². The van der Waals surface area contributed by atoms with Gasteiger partial charge in [0.05, 0.1) is 17.8 Å². The van der Waals surface area contributed by atoms with Crippen molar-refractivity contribution in [3.63, 3.8) is 0 Å². The van der Waals surface area contributed by atoms with E-state index in [2.05, 4.69) is 33.2 Å². The molecule has 6 heteroatoms. The van der Waals surface area contributed by atoms with Crippen LogP contribution in [0, 0.1) is 0 Å². The fourth-order valence-electron chi connectivity index (χ4n) is 3.78. The Hall–Kier alpha value is -2.57. The number of aromatic nitrogens is 3. The molecule has 0 amide bonds. The second-order valence-electron chi connectivity index (χ2n) is 7.40. The summed E-state index contributed by atoms with van der Waals surface area (Å²) in [6.07, 6.45) is 5.42. The number of likely N-dealkylation sites (tertiary alicyclic amines) is 1. The standard InChI is InChI=1S/C21H24N4O2/c1-14(26)20-9-19(16-10-22-24(2)12-16)18-6-5-15(8-21(18)23-20)11-25-7-3-4-17(27)13-25/h5-6,8-10,12,17,27H,3-4,7,11,13H2,1-2H3/t17-/m1/s1. The molecule has 1 fully saturated rings. The summed E-state index contributed by atoms with van der Waals surface area (Å²) in [4.78, 5) is 18.9. The van der Waals surface area contributed by atoms with Crippen LogP contribution >= 0.6 is 0 Å². The molecule has 1 atom stereocenters. The number of aryl methyl sites for hydroxylation is 1. The number of rotatable bonds is 4. The molecule has 0 saturated carbocycles. The largest absolute Gasteiger partial charge is 0.392 e. The number of Topliss-reactive ketones (excluding diaryl/α,β-unsaturated/α-hetero) is 1. The minimum atomic E-state index is -0.237. The molecule has 2 aromatic heterocycles. The first-order valence-corrected chi connectivity index (χ1v) is 9.33. The molecule has 3 heterocycles. The van der Waals surface area contributed by atoms with Crippen molar-refractivity contribution in [1.29, 1.82) is 0 Å². The lowest BCUT2D eigenvalue weighted by molar-refractivity contribution is 0.0668. The van der Waals surface area contributed by atoms with Crippen LogP contribution in [0.25, 0.3) is 22.0 Å². The Morgan fingerprint density at radius 3 is 2.89 bits per heavy atom. The normalized spacial score (nSPS) is 18.1. The van der Waals surface area contributed by atoms with Crippen molar-refractivity contribution >= 4 is 16.7 Å². The van der Waals surface area contributed by atoms with Crippen molar-refractivity contribution in [1.82, 2.24) is 19.7 Å². The highest BCUT2D eigenvalue weighted by Gasteiger charge is 2.18. The molecule has 0 unspecified atom stereocenters. The van der Waals surface area contributed by atoms with Crippen LogP contribution in [-0.2, 0) is 13.6 Å². The Bertz CT molecular complexity index is 995. The Morgan fingerprint density at radius 2 is 2.19 bits per heavy atom. The number of fused-ring (bicyclic) bond motifs is 1. The number of nitrogens with zero attached hydrogens (tertiary/aromatic N) is 4. The molecular weight excluding hydrogens is 340 g/mol. The van der Waals surface area contributed by atoms with Crippen LogP contribution in [-0.4, -0.2) is 49.7 Å². The number of carbonyl (C=O) groups is 1.